The largest absolute Gasteiger partial charge is 0.376 e. The fourth-order valence-electron chi connectivity index (χ4n) is 2.85. The Kier molecular flexibility index (Phi) is 7.08. The molecule has 1 saturated heterocycles. The third kappa shape index (κ3) is 5.32. The van der Waals surface area contributed by atoms with Crippen LogP contribution in [-0.4, -0.2) is 47.4 Å². The lowest BCUT2D eigenvalue weighted by Gasteiger charge is -2.11. The standard InChI is InChI=1S/C19H26N4O2S/c1-2-3-10-20-18-15-8-4-5-9-16(15)22-19(23-18)26-13-17(24)21-12-14-7-6-11-25-14/h4-5,8-9,14H,2-3,6-7,10-13H2,1H3,(H,21,24)(H,20,22,23). The van der Waals surface area contributed by atoms with Gasteiger partial charge >= 0.3 is 0 Å². The van der Waals surface area contributed by atoms with Crippen molar-refractivity contribution in [1.29, 1.82) is 0 Å². The van der Waals surface area contributed by atoms with Gasteiger partial charge in [0.25, 0.3) is 0 Å². The van der Waals surface area contributed by atoms with Gasteiger partial charge in [0.2, 0.25) is 5.91 Å². The van der Waals surface area contributed by atoms with Crippen LogP contribution in [0.2, 0.25) is 0 Å². The van der Waals surface area contributed by atoms with E-state index >= 15 is 0 Å². The molecule has 6 nitrogen and oxygen atoms in total. The first-order valence-electron chi connectivity index (χ1n) is 9.28. The van der Waals surface area contributed by atoms with Crippen LogP contribution in [-0.2, 0) is 9.53 Å². The highest BCUT2D eigenvalue weighted by Crippen LogP contribution is 2.24. The summed E-state index contributed by atoms with van der Waals surface area (Å²) >= 11 is 1.36. The molecule has 1 amide bonds. The quantitative estimate of drug-likeness (QED) is 0.399. The number of amides is 1. The van der Waals surface area contributed by atoms with Gasteiger partial charge in [0, 0.05) is 25.1 Å². The SMILES string of the molecule is CCCCNc1nc(SCC(=O)NCC2CCCO2)nc2ccccc12. The molecule has 1 aliphatic heterocycles. The van der Waals surface area contributed by atoms with Gasteiger partial charge in [-0.2, -0.15) is 0 Å². The summed E-state index contributed by atoms with van der Waals surface area (Å²) in [6.07, 6.45) is 4.48. The topological polar surface area (TPSA) is 76.1 Å². The number of nitrogens with zero attached hydrogens (tertiary/aromatic N) is 2. The maximum Gasteiger partial charge on any atom is 0.230 e. The van der Waals surface area contributed by atoms with E-state index in [9.17, 15) is 4.79 Å². The van der Waals surface area contributed by atoms with E-state index in [0.29, 0.717) is 17.5 Å². The molecule has 2 aromatic rings. The highest BCUT2D eigenvalue weighted by Gasteiger charge is 2.16. The normalized spacial score (nSPS) is 16.7. The first-order chi connectivity index (χ1) is 12.8. The molecule has 1 unspecified atom stereocenters. The summed E-state index contributed by atoms with van der Waals surface area (Å²) in [7, 11) is 0. The van der Waals surface area contributed by atoms with E-state index in [1.54, 1.807) is 0 Å². The Bertz CT molecular complexity index is 735. The van der Waals surface area contributed by atoms with Crippen LogP contribution in [0.3, 0.4) is 0 Å². The number of thioether (sulfide) groups is 1. The van der Waals surface area contributed by atoms with E-state index in [1.807, 2.05) is 24.3 Å². The second-order valence-electron chi connectivity index (χ2n) is 6.38. The average Bonchev–Trinajstić information content (AvgIpc) is 3.18. The number of para-hydroxylation sites is 1. The summed E-state index contributed by atoms with van der Waals surface area (Å²) in [6, 6.07) is 7.95. The molecular weight excluding hydrogens is 348 g/mol. The van der Waals surface area contributed by atoms with Crippen LogP contribution in [0.25, 0.3) is 10.9 Å². The molecule has 140 valence electrons. The summed E-state index contributed by atoms with van der Waals surface area (Å²) in [4.78, 5) is 21.3. The zero-order valence-electron chi connectivity index (χ0n) is 15.2. The van der Waals surface area contributed by atoms with E-state index in [1.165, 1.54) is 11.8 Å². The summed E-state index contributed by atoms with van der Waals surface area (Å²) in [6.45, 7) is 4.43. The van der Waals surface area contributed by atoms with Crippen molar-refractivity contribution in [3.63, 3.8) is 0 Å². The molecule has 26 heavy (non-hydrogen) atoms. The van der Waals surface area contributed by atoms with Crippen LogP contribution in [0.1, 0.15) is 32.6 Å². The molecule has 7 heteroatoms. The number of benzene rings is 1. The Balaban J connectivity index is 1.60. The van der Waals surface area contributed by atoms with Crippen molar-refractivity contribution in [2.45, 2.75) is 43.9 Å². The number of anilines is 1. The molecule has 2 N–H and O–H groups in total. The minimum Gasteiger partial charge on any atom is -0.376 e. The van der Waals surface area contributed by atoms with Crippen molar-refractivity contribution in [3.8, 4) is 0 Å². The van der Waals surface area contributed by atoms with E-state index in [-0.39, 0.29) is 12.0 Å². The highest BCUT2D eigenvalue weighted by molar-refractivity contribution is 7.99. The summed E-state index contributed by atoms with van der Waals surface area (Å²) < 4.78 is 5.52. The molecule has 0 bridgehead atoms. The Labute approximate surface area is 158 Å². The maximum atomic E-state index is 12.1. The molecule has 0 radical (unpaired) electrons. The Morgan fingerprint density at radius 1 is 1.35 bits per heavy atom. The monoisotopic (exact) mass is 374 g/mol. The van der Waals surface area contributed by atoms with Crippen LogP contribution < -0.4 is 10.6 Å². The number of fused-ring (bicyclic) bond motifs is 1. The molecule has 1 aromatic carbocycles. The summed E-state index contributed by atoms with van der Waals surface area (Å²) in [5.74, 6) is 1.13. The maximum absolute atomic E-state index is 12.1. The van der Waals surface area contributed by atoms with Crippen molar-refractivity contribution in [2.24, 2.45) is 0 Å². The minimum absolute atomic E-state index is 0.0113. The third-order valence-electron chi connectivity index (χ3n) is 4.29. The smallest absolute Gasteiger partial charge is 0.230 e. The minimum atomic E-state index is -0.0113. The molecule has 1 aliphatic rings. The molecule has 0 spiro atoms. The van der Waals surface area contributed by atoms with Crippen molar-refractivity contribution in [2.75, 3.05) is 30.8 Å². The number of nitrogens with one attached hydrogen (secondary N) is 2. The number of hydrogen-bond donors (Lipinski definition) is 2. The van der Waals surface area contributed by atoms with Crippen LogP contribution in [0.4, 0.5) is 5.82 Å². The highest BCUT2D eigenvalue weighted by atomic mass is 32.2. The van der Waals surface area contributed by atoms with Gasteiger partial charge < -0.3 is 15.4 Å². The number of hydrogen-bond acceptors (Lipinski definition) is 6. The van der Waals surface area contributed by atoms with Gasteiger partial charge in [0.15, 0.2) is 5.16 Å². The fourth-order valence-corrected chi connectivity index (χ4v) is 3.53. The molecule has 2 heterocycles. The van der Waals surface area contributed by atoms with E-state index in [2.05, 4.69) is 27.5 Å². The first-order valence-corrected chi connectivity index (χ1v) is 10.3. The lowest BCUT2D eigenvalue weighted by molar-refractivity contribution is -0.119. The third-order valence-corrected chi connectivity index (χ3v) is 5.14. The number of carbonyl (C=O) groups excluding carboxylic acids is 1. The van der Waals surface area contributed by atoms with Crippen LogP contribution in [0.15, 0.2) is 29.4 Å². The fraction of sp³-hybridized carbons (Fsp3) is 0.526. The predicted molar refractivity (Wildman–Crippen MR) is 106 cm³/mol. The van der Waals surface area contributed by atoms with Gasteiger partial charge in [0.1, 0.15) is 5.82 Å². The Hall–Kier alpha value is -1.86. The van der Waals surface area contributed by atoms with Crippen LogP contribution in [0, 0.1) is 0 Å². The Morgan fingerprint density at radius 3 is 3.04 bits per heavy atom. The zero-order valence-corrected chi connectivity index (χ0v) is 16.0. The first kappa shape index (κ1) is 18.9. The van der Waals surface area contributed by atoms with Crippen molar-refractivity contribution < 1.29 is 9.53 Å². The molecular formula is C19H26N4O2S. The lowest BCUT2D eigenvalue weighted by Crippen LogP contribution is -2.32. The lowest BCUT2D eigenvalue weighted by atomic mass is 10.2. The summed E-state index contributed by atoms with van der Waals surface area (Å²) in [5.41, 5.74) is 0.892. The zero-order chi connectivity index (χ0) is 18.2. The average molecular weight is 375 g/mol. The number of carbonyl (C=O) groups is 1. The summed E-state index contributed by atoms with van der Waals surface area (Å²) in [5, 5.41) is 7.96. The second kappa shape index (κ2) is 9.73. The molecule has 0 aliphatic carbocycles. The molecule has 0 saturated carbocycles. The Morgan fingerprint density at radius 2 is 2.23 bits per heavy atom. The van der Waals surface area contributed by atoms with Crippen LogP contribution >= 0.6 is 11.8 Å². The number of unbranched alkanes of at least 4 members (excludes halogenated alkanes) is 1. The molecule has 3 rings (SSSR count). The second-order valence-corrected chi connectivity index (χ2v) is 7.32. The number of ether oxygens (including phenoxy) is 1. The molecule has 1 fully saturated rings. The van der Waals surface area contributed by atoms with Crippen molar-refractivity contribution in [1.82, 2.24) is 15.3 Å². The van der Waals surface area contributed by atoms with Gasteiger partial charge in [0.05, 0.1) is 17.4 Å². The van der Waals surface area contributed by atoms with Crippen LogP contribution in [0.5, 0.6) is 0 Å². The van der Waals surface area contributed by atoms with Gasteiger partial charge in [-0.15, -0.1) is 0 Å². The molecule has 1 atom stereocenters. The van der Waals surface area contributed by atoms with Gasteiger partial charge in [-0.1, -0.05) is 37.2 Å². The van der Waals surface area contributed by atoms with Gasteiger partial charge in [-0.25, -0.2) is 9.97 Å². The predicted octanol–water partition coefficient (Wildman–Crippen LogP) is 3.23. The number of aromatic nitrogens is 2. The van der Waals surface area contributed by atoms with Gasteiger partial charge in [-0.05, 0) is 31.4 Å². The van der Waals surface area contributed by atoms with E-state index in [4.69, 9.17) is 4.74 Å². The number of rotatable bonds is 9. The van der Waals surface area contributed by atoms with E-state index in [0.717, 1.165) is 55.6 Å². The van der Waals surface area contributed by atoms with Gasteiger partial charge in [-0.3, -0.25) is 4.79 Å². The van der Waals surface area contributed by atoms with E-state index < -0.39 is 0 Å². The molecule has 1 aromatic heterocycles. The van der Waals surface area contributed by atoms with Crippen molar-refractivity contribution in [3.05, 3.63) is 24.3 Å². The van der Waals surface area contributed by atoms with Crippen molar-refractivity contribution >= 4 is 34.4 Å².